The van der Waals surface area contributed by atoms with Gasteiger partial charge in [-0.2, -0.15) is 0 Å². The summed E-state index contributed by atoms with van der Waals surface area (Å²) < 4.78 is 23.5. The molecule has 1 aliphatic rings. The average molecular weight is 131 g/mol. The standard InChI is InChI=1S/C6H7F2N/c7-6(8)5-1-3-9-4-2-5/h1-3,6,9H,4H2. The van der Waals surface area contributed by atoms with Gasteiger partial charge in [0.25, 0.3) is 6.43 Å². The molecular weight excluding hydrogens is 124 g/mol. The highest BCUT2D eigenvalue weighted by Crippen LogP contribution is 2.10. The molecular formula is C6H7F2N. The van der Waals surface area contributed by atoms with Crippen LogP contribution in [0.4, 0.5) is 8.78 Å². The lowest BCUT2D eigenvalue weighted by molar-refractivity contribution is 0.193. The molecule has 0 atom stereocenters. The smallest absolute Gasteiger partial charge is 0.263 e. The number of allylic oxidation sites excluding steroid dienone is 2. The fraction of sp³-hybridized carbons (Fsp3) is 0.333. The molecule has 0 aliphatic carbocycles. The van der Waals surface area contributed by atoms with Crippen LogP contribution in [0.25, 0.3) is 0 Å². The number of hydrogen-bond donors (Lipinski definition) is 1. The van der Waals surface area contributed by atoms with Gasteiger partial charge in [-0.3, -0.25) is 0 Å². The van der Waals surface area contributed by atoms with Crippen molar-refractivity contribution in [3.63, 3.8) is 0 Å². The molecule has 0 saturated heterocycles. The summed E-state index contributed by atoms with van der Waals surface area (Å²) >= 11 is 0. The van der Waals surface area contributed by atoms with Crippen LogP contribution in [0.15, 0.2) is 23.9 Å². The third-order valence-electron chi connectivity index (χ3n) is 1.10. The molecule has 0 saturated carbocycles. The Morgan fingerprint density at radius 3 is 2.67 bits per heavy atom. The van der Waals surface area contributed by atoms with E-state index in [1.54, 1.807) is 0 Å². The van der Waals surface area contributed by atoms with Crippen LogP contribution in [-0.4, -0.2) is 13.0 Å². The number of rotatable bonds is 1. The third-order valence-corrected chi connectivity index (χ3v) is 1.10. The minimum absolute atomic E-state index is 0.105. The van der Waals surface area contributed by atoms with Gasteiger partial charge in [-0.15, -0.1) is 0 Å². The number of alkyl halides is 2. The molecule has 1 heterocycles. The summed E-state index contributed by atoms with van der Waals surface area (Å²) in [5.74, 6) is 0. The quantitative estimate of drug-likeness (QED) is 0.565. The molecule has 0 amide bonds. The number of dihydropyridines is 1. The molecule has 1 rings (SSSR count). The Bertz CT molecular complexity index is 149. The predicted octanol–water partition coefficient (Wildman–Crippen LogP) is 1.29. The van der Waals surface area contributed by atoms with Gasteiger partial charge in [0.2, 0.25) is 0 Å². The Kier molecular flexibility index (Phi) is 1.82. The highest BCUT2D eigenvalue weighted by Gasteiger charge is 2.07. The zero-order valence-corrected chi connectivity index (χ0v) is 4.77. The van der Waals surface area contributed by atoms with Crippen molar-refractivity contribution < 1.29 is 8.78 Å². The minimum atomic E-state index is -2.33. The zero-order chi connectivity index (χ0) is 6.69. The molecule has 0 fully saturated rings. The van der Waals surface area contributed by atoms with E-state index in [9.17, 15) is 8.78 Å². The highest BCUT2D eigenvalue weighted by molar-refractivity contribution is 5.23. The lowest BCUT2D eigenvalue weighted by Gasteiger charge is -2.05. The van der Waals surface area contributed by atoms with Gasteiger partial charge in [-0.05, 0) is 12.3 Å². The third kappa shape index (κ3) is 1.52. The van der Waals surface area contributed by atoms with Crippen molar-refractivity contribution in [2.75, 3.05) is 6.54 Å². The van der Waals surface area contributed by atoms with Gasteiger partial charge in [0.15, 0.2) is 0 Å². The first-order chi connectivity index (χ1) is 4.30. The normalized spacial score (nSPS) is 17.4. The number of hydrogen-bond acceptors (Lipinski definition) is 1. The van der Waals surface area contributed by atoms with Crippen LogP contribution in [0, 0.1) is 0 Å². The molecule has 0 radical (unpaired) electrons. The molecule has 0 aromatic carbocycles. The van der Waals surface area contributed by atoms with Crippen molar-refractivity contribution in [3.8, 4) is 0 Å². The van der Waals surface area contributed by atoms with E-state index in [4.69, 9.17) is 0 Å². The predicted molar refractivity (Wildman–Crippen MR) is 31.2 cm³/mol. The molecule has 0 bridgehead atoms. The topological polar surface area (TPSA) is 12.0 Å². The van der Waals surface area contributed by atoms with E-state index in [-0.39, 0.29) is 5.57 Å². The van der Waals surface area contributed by atoms with Crippen LogP contribution in [0.3, 0.4) is 0 Å². The van der Waals surface area contributed by atoms with Gasteiger partial charge >= 0.3 is 0 Å². The summed E-state index contributed by atoms with van der Waals surface area (Å²) in [6, 6.07) is 0. The van der Waals surface area contributed by atoms with Crippen molar-refractivity contribution >= 4 is 0 Å². The van der Waals surface area contributed by atoms with Crippen molar-refractivity contribution in [2.45, 2.75) is 6.43 Å². The van der Waals surface area contributed by atoms with E-state index in [1.807, 2.05) is 0 Å². The van der Waals surface area contributed by atoms with Crippen molar-refractivity contribution in [3.05, 3.63) is 23.9 Å². The molecule has 1 aliphatic heterocycles. The monoisotopic (exact) mass is 131 g/mol. The second kappa shape index (κ2) is 2.62. The SMILES string of the molecule is FC(F)C1=CCNC=C1. The lowest BCUT2D eigenvalue weighted by atomic mass is 10.2. The maximum absolute atomic E-state index is 11.8. The maximum Gasteiger partial charge on any atom is 0.263 e. The molecule has 3 heteroatoms. The minimum Gasteiger partial charge on any atom is -0.387 e. The summed E-state index contributed by atoms with van der Waals surface area (Å²) in [6.45, 7) is 0.510. The molecule has 0 unspecified atom stereocenters. The second-order valence-corrected chi connectivity index (χ2v) is 1.75. The Morgan fingerprint density at radius 1 is 1.56 bits per heavy atom. The van der Waals surface area contributed by atoms with Crippen LogP contribution in [0.5, 0.6) is 0 Å². The Labute approximate surface area is 52.1 Å². The van der Waals surface area contributed by atoms with Gasteiger partial charge in [-0.25, -0.2) is 8.78 Å². The van der Waals surface area contributed by atoms with Crippen LogP contribution >= 0.6 is 0 Å². The summed E-state index contributed by atoms with van der Waals surface area (Å²) in [5.41, 5.74) is 0.105. The Balaban J connectivity index is 2.58. The second-order valence-electron chi connectivity index (χ2n) is 1.75. The summed E-state index contributed by atoms with van der Waals surface area (Å²) in [4.78, 5) is 0. The van der Waals surface area contributed by atoms with Crippen LogP contribution < -0.4 is 5.32 Å². The van der Waals surface area contributed by atoms with E-state index in [0.717, 1.165) is 0 Å². The summed E-state index contributed by atoms with van der Waals surface area (Å²) in [6.07, 6.45) is 2.06. The van der Waals surface area contributed by atoms with Gasteiger partial charge in [0.05, 0.1) is 0 Å². The molecule has 50 valence electrons. The first-order valence-electron chi connectivity index (χ1n) is 2.69. The van der Waals surface area contributed by atoms with Crippen molar-refractivity contribution in [1.29, 1.82) is 0 Å². The van der Waals surface area contributed by atoms with Crippen LogP contribution in [-0.2, 0) is 0 Å². The van der Waals surface area contributed by atoms with Gasteiger partial charge in [0, 0.05) is 12.1 Å². The van der Waals surface area contributed by atoms with E-state index in [2.05, 4.69) is 5.32 Å². The number of nitrogens with one attached hydrogen (secondary N) is 1. The Morgan fingerprint density at radius 2 is 2.33 bits per heavy atom. The fourth-order valence-corrected chi connectivity index (χ4v) is 0.630. The van der Waals surface area contributed by atoms with Crippen molar-refractivity contribution in [1.82, 2.24) is 5.32 Å². The number of halogens is 2. The van der Waals surface area contributed by atoms with Crippen LogP contribution in [0.1, 0.15) is 0 Å². The molecule has 1 N–H and O–H groups in total. The van der Waals surface area contributed by atoms with Gasteiger partial charge < -0.3 is 5.32 Å². The molecule has 1 nitrogen and oxygen atoms in total. The highest BCUT2D eigenvalue weighted by atomic mass is 19.3. The largest absolute Gasteiger partial charge is 0.387 e. The lowest BCUT2D eigenvalue weighted by Crippen LogP contribution is -2.11. The first-order valence-corrected chi connectivity index (χ1v) is 2.69. The van der Waals surface area contributed by atoms with E-state index in [0.29, 0.717) is 6.54 Å². The van der Waals surface area contributed by atoms with Crippen LogP contribution in [0.2, 0.25) is 0 Å². The van der Waals surface area contributed by atoms with Gasteiger partial charge in [0.1, 0.15) is 0 Å². The zero-order valence-electron chi connectivity index (χ0n) is 4.77. The first kappa shape index (κ1) is 6.26. The van der Waals surface area contributed by atoms with E-state index in [1.165, 1.54) is 18.4 Å². The maximum atomic E-state index is 11.8. The van der Waals surface area contributed by atoms with Gasteiger partial charge in [-0.1, -0.05) is 6.08 Å². The summed E-state index contributed by atoms with van der Waals surface area (Å²) in [7, 11) is 0. The molecule has 0 aromatic rings. The summed E-state index contributed by atoms with van der Waals surface area (Å²) in [5, 5.41) is 2.78. The fourth-order valence-electron chi connectivity index (χ4n) is 0.630. The van der Waals surface area contributed by atoms with Crippen molar-refractivity contribution in [2.24, 2.45) is 0 Å². The Hall–Kier alpha value is -0.860. The molecule has 0 aromatic heterocycles. The molecule has 9 heavy (non-hydrogen) atoms. The average Bonchev–Trinajstić information content (AvgIpc) is 1.90. The molecule has 0 spiro atoms. The van der Waals surface area contributed by atoms with E-state index >= 15 is 0 Å². The van der Waals surface area contributed by atoms with E-state index < -0.39 is 6.43 Å².